The summed E-state index contributed by atoms with van der Waals surface area (Å²) >= 11 is 0. The minimum atomic E-state index is -1.04. The Morgan fingerprint density at radius 1 is 1.25 bits per heavy atom. The summed E-state index contributed by atoms with van der Waals surface area (Å²) in [6.45, 7) is 0. The van der Waals surface area contributed by atoms with Crippen LogP contribution in [0.4, 0.5) is 0 Å². The topological polar surface area (TPSA) is 63.3 Å². The number of hydrogen-bond acceptors (Lipinski definition) is 3. The maximum atomic E-state index is 10.8. The first kappa shape index (κ1) is 10.4. The maximum absolute atomic E-state index is 10.8. The van der Waals surface area contributed by atoms with Crippen molar-refractivity contribution in [1.29, 1.82) is 0 Å². The summed E-state index contributed by atoms with van der Waals surface area (Å²) in [4.78, 5) is 14.4. The average Bonchev–Trinajstić information content (AvgIpc) is 2.76. The van der Waals surface area contributed by atoms with Gasteiger partial charge in [0.1, 0.15) is 5.76 Å². The highest BCUT2D eigenvalue weighted by Crippen LogP contribution is 2.11. The number of aromatic nitrogens is 1. The molecule has 0 spiro atoms. The number of carboxylic acids is 1. The Balaban J connectivity index is 2.05. The van der Waals surface area contributed by atoms with Gasteiger partial charge in [0.15, 0.2) is 12.1 Å². The van der Waals surface area contributed by atoms with Crippen molar-refractivity contribution in [1.82, 2.24) is 4.98 Å². The molecule has 0 amide bonds. The van der Waals surface area contributed by atoms with E-state index in [1.807, 2.05) is 30.3 Å². The summed E-state index contributed by atoms with van der Waals surface area (Å²) in [5.74, 6) is -0.617. The second-order valence-electron chi connectivity index (χ2n) is 3.41. The molecule has 1 heterocycles. The number of carbonyl (C=O) groups is 1. The van der Waals surface area contributed by atoms with Crippen LogP contribution >= 0.6 is 0 Å². The van der Waals surface area contributed by atoms with E-state index in [9.17, 15) is 4.79 Å². The molecule has 4 heteroatoms. The molecule has 2 rings (SSSR count). The van der Waals surface area contributed by atoms with Gasteiger partial charge in [0.05, 0.1) is 0 Å². The van der Waals surface area contributed by atoms with Gasteiger partial charge in [-0.25, -0.2) is 9.78 Å². The van der Waals surface area contributed by atoms with Crippen LogP contribution in [0, 0.1) is 0 Å². The molecule has 1 aromatic heterocycles. The second-order valence-corrected chi connectivity index (χ2v) is 3.41. The first-order valence-corrected chi connectivity index (χ1v) is 4.97. The molecule has 0 saturated heterocycles. The van der Waals surface area contributed by atoms with Gasteiger partial charge in [-0.1, -0.05) is 30.3 Å². The Morgan fingerprint density at radius 3 is 2.69 bits per heavy atom. The zero-order valence-corrected chi connectivity index (χ0v) is 8.59. The van der Waals surface area contributed by atoms with Crippen molar-refractivity contribution in [3.05, 3.63) is 53.7 Å². The number of nitrogens with zero attached hydrogens (tertiary/aromatic N) is 1. The van der Waals surface area contributed by atoms with E-state index in [2.05, 4.69) is 4.98 Å². The summed E-state index contributed by atoms with van der Waals surface area (Å²) in [7, 11) is 0. The predicted molar refractivity (Wildman–Crippen MR) is 57.3 cm³/mol. The lowest BCUT2D eigenvalue weighted by atomic mass is 10.1. The zero-order valence-electron chi connectivity index (χ0n) is 8.59. The van der Waals surface area contributed by atoms with Gasteiger partial charge in [-0.15, -0.1) is 0 Å². The first-order valence-electron chi connectivity index (χ1n) is 4.97. The van der Waals surface area contributed by atoms with Crippen LogP contribution in [0.15, 0.2) is 41.1 Å². The summed E-state index contributed by atoms with van der Waals surface area (Å²) < 4.78 is 5.06. The van der Waals surface area contributed by atoms with Crippen molar-refractivity contribution in [3.8, 4) is 0 Å². The molecule has 2 aromatic rings. The highest BCUT2D eigenvalue weighted by Gasteiger charge is 2.14. The monoisotopic (exact) mass is 217 g/mol. The lowest BCUT2D eigenvalue weighted by Crippen LogP contribution is -2.02. The van der Waals surface area contributed by atoms with Crippen molar-refractivity contribution >= 4 is 5.97 Å². The van der Waals surface area contributed by atoms with Crippen molar-refractivity contribution in [2.24, 2.45) is 0 Å². The van der Waals surface area contributed by atoms with Gasteiger partial charge >= 0.3 is 5.97 Å². The van der Waals surface area contributed by atoms with Crippen molar-refractivity contribution < 1.29 is 14.3 Å². The molecule has 0 aliphatic rings. The Labute approximate surface area is 92.6 Å². The van der Waals surface area contributed by atoms with Gasteiger partial charge in [0.2, 0.25) is 0 Å². The Hall–Kier alpha value is -2.10. The molecule has 0 radical (unpaired) electrons. The summed E-state index contributed by atoms with van der Waals surface area (Å²) in [6, 6.07) is 9.84. The first-order chi connectivity index (χ1) is 7.77. The Bertz CT molecular complexity index is 476. The summed E-state index contributed by atoms with van der Waals surface area (Å²) in [5.41, 5.74) is 1.16. The molecule has 4 nitrogen and oxygen atoms in total. The van der Waals surface area contributed by atoms with Crippen LogP contribution in [0.2, 0.25) is 0 Å². The van der Waals surface area contributed by atoms with Crippen molar-refractivity contribution in [2.45, 2.75) is 12.8 Å². The maximum Gasteiger partial charge on any atom is 0.358 e. The molecule has 0 aliphatic carbocycles. The number of hydrogen-bond donors (Lipinski definition) is 1. The summed E-state index contributed by atoms with van der Waals surface area (Å²) in [5, 5.41) is 8.83. The van der Waals surface area contributed by atoms with E-state index in [-0.39, 0.29) is 5.69 Å². The molecule has 1 N–H and O–H groups in total. The number of benzene rings is 1. The third kappa shape index (κ3) is 2.28. The molecular weight excluding hydrogens is 206 g/mol. The molecule has 0 fully saturated rings. The number of oxazole rings is 1. The predicted octanol–water partition coefficient (Wildman–Crippen LogP) is 2.16. The van der Waals surface area contributed by atoms with Crippen LogP contribution in [0.25, 0.3) is 0 Å². The molecule has 82 valence electrons. The number of rotatable bonds is 4. The van der Waals surface area contributed by atoms with Crippen LogP contribution in [-0.4, -0.2) is 16.1 Å². The molecule has 0 aliphatic heterocycles. The average molecular weight is 217 g/mol. The van der Waals surface area contributed by atoms with E-state index < -0.39 is 5.97 Å². The lowest BCUT2D eigenvalue weighted by Gasteiger charge is -1.99. The van der Waals surface area contributed by atoms with E-state index >= 15 is 0 Å². The van der Waals surface area contributed by atoms with Crippen molar-refractivity contribution in [3.63, 3.8) is 0 Å². The van der Waals surface area contributed by atoms with Crippen LogP contribution in [0.3, 0.4) is 0 Å². The smallest absolute Gasteiger partial charge is 0.358 e. The molecule has 0 bridgehead atoms. The highest BCUT2D eigenvalue weighted by molar-refractivity contribution is 5.86. The third-order valence-electron chi connectivity index (χ3n) is 2.33. The van der Waals surface area contributed by atoms with Crippen LogP contribution in [0.5, 0.6) is 0 Å². The van der Waals surface area contributed by atoms with E-state index in [0.29, 0.717) is 12.2 Å². The van der Waals surface area contributed by atoms with E-state index in [1.165, 1.54) is 6.39 Å². The van der Waals surface area contributed by atoms with E-state index in [1.54, 1.807) is 0 Å². The van der Waals surface area contributed by atoms with Gasteiger partial charge in [-0.2, -0.15) is 0 Å². The fourth-order valence-electron chi connectivity index (χ4n) is 1.52. The largest absolute Gasteiger partial charge is 0.476 e. The second kappa shape index (κ2) is 4.61. The molecule has 16 heavy (non-hydrogen) atoms. The quantitative estimate of drug-likeness (QED) is 0.852. The van der Waals surface area contributed by atoms with Crippen LogP contribution < -0.4 is 0 Å². The SMILES string of the molecule is O=C(O)c1ncoc1CCc1ccccc1. The normalized spacial score (nSPS) is 10.2. The standard InChI is InChI=1S/C12H11NO3/c14-12(15)11-10(16-8-13-11)7-6-9-4-2-1-3-5-9/h1-5,8H,6-7H2,(H,14,15). The van der Waals surface area contributed by atoms with Gasteiger partial charge < -0.3 is 9.52 Å². The van der Waals surface area contributed by atoms with Gasteiger partial charge in [-0.05, 0) is 12.0 Å². The minimum absolute atomic E-state index is 0.0101. The third-order valence-corrected chi connectivity index (χ3v) is 2.33. The minimum Gasteiger partial charge on any atom is -0.476 e. The molecule has 0 atom stereocenters. The number of aromatic carboxylic acids is 1. The molecule has 0 unspecified atom stereocenters. The van der Waals surface area contributed by atoms with E-state index in [0.717, 1.165) is 12.0 Å². The number of aryl methyl sites for hydroxylation is 2. The molecule has 0 saturated carbocycles. The Morgan fingerprint density at radius 2 is 2.00 bits per heavy atom. The Kier molecular flexibility index (Phi) is 3.00. The zero-order chi connectivity index (χ0) is 11.4. The highest BCUT2D eigenvalue weighted by atomic mass is 16.4. The van der Waals surface area contributed by atoms with E-state index in [4.69, 9.17) is 9.52 Å². The fourth-order valence-corrected chi connectivity index (χ4v) is 1.52. The fraction of sp³-hybridized carbons (Fsp3) is 0.167. The number of carboxylic acid groups (broad SMARTS) is 1. The molecular formula is C12H11NO3. The van der Waals surface area contributed by atoms with Gasteiger partial charge in [-0.3, -0.25) is 0 Å². The van der Waals surface area contributed by atoms with Crippen molar-refractivity contribution in [2.75, 3.05) is 0 Å². The summed E-state index contributed by atoms with van der Waals surface area (Å²) in [6.07, 6.45) is 2.46. The van der Waals surface area contributed by atoms with Gasteiger partial charge in [0.25, 0.3) is 0 Å². The molecule has 1 aromatic carbocycles. The van der Waals surface area contributed by atoms with Crippen LogP contribution in [0.1, 0.15) is 21.8 Å². The van der Waals surface area contributed by atoms with Gasteiger partial charge in [0, 0.05) is 6.42 Å². The van der Waals surface area contributed by atoms with Crippen LogP contribution in [-0.2, 0) is 12.8 Å². The lowest BCUT2D eigenvalue weighted by molar-refractivity contribution is 0.0689.